The van der Waals surface area contributed by atoms with Gasteiger partial charge in [0.1, 0.15) is 13.2 Å². The molecule has 71 heavy (non-hydrogen) atoms. The fourth-order valence-corrected chi connectivity index (χ4v) is 7.63. The first kappa shape index (κ1) is 66.8. The fourth-order valence-electron chi connectivity index (χ4n) is 7.63. The first-order valence-corrected chi connectivity index (χ1v) is 29.0. The van der Waals surface area contributed by atoms with Gasteiger partial charge in [0.25, 0.3) is 0 Å². The third-order valence-electron chi connectivity index (χ3n) is 11.9. The molecule has 0 aliphatic heterocycles. The number of rotatable bonds is 51. The van der Waals surface area contributed by atoms with Gasteiger partial charge in [-0.2, -0.15) is 0 Å². The zero-order valence-corrected chi connectivity index (χ0v) is 45.9. The van der Waals surface area contributed by atoms with Crippen LogP contribution in [0.5, 0.6) is 0 Å². The topological polar surface area (TPSA) is 78.9 Å². The molecule has 0 N–H and O–H groups in total. The molecule has 0 aromatic heterocycles. The number of hydrogen-bond acceptors (Lipinski definition) is 6. The van der Waals surface area contributed by atoms with Gasteiger partial charge in [-0.25, -0.2) is 0 Å². The highest BCUT2D eigenvalue weighted by atomic mass is 16.6. The summed E-state index contributed by atoms with van der Waals surface area (Å²) in [5.41, 5.74) is 0. The summed E-state index contributed by atoms with van der Waals surface area (Å²) < 4.78 is 16.8. The Labute approximate surface area is 437 Å². The number of carbonyl (C=O) groups excluding carboxylic acids is 3. The highest BCUT2D eigenvalue weighted by Gasteiger charge is 2.19. The molecule has 0 heterocycles. The number of ether oxygens (including phenoxy) is 3. The van der Waals surface area contributed by atoms with Crippen LogP contribution in [-0.2, 0) is 28.6 Å². The molecule has 0 aliphatic rings. The van der Waals surface area contributed by atoms with Gasteiger partial charge < -0.3 is 14.2 Å². The van der Waals surface area contributed by atoms with Gasteiger partial charge >= 0.3 is 17.9 Å². The Hall–Kier alpha value is -4.19. The van der Waals surface area contributed by atoms with Crippen LogP contribution in [-0.4, -0.2) is 37.2 Å². The molecule has 6 heteroatoms. The molecule has 1 unspecified atom stereocenters. The summed E-state index contributed by atoms with van der Waals surface area (Å²) in [5.74, 6) is -0.955. The van der Waals surface area contributed by atoms with Crippen LogP contribution in [0.4, 0.5) is 0 Å². The Morgan fingerprint density at radius 2 is 0.549 bits per heavy atom. The first-order chi connectivity index (χ1) is 35.0. The predicted octanol–water partition coefficient (Wildman–Crippen LogP) is 19.6. The molecule has 402 valence electrons. The summed E-state index contributed by atoms with van der Waals surface area (Å²) in [4.78, 5) is 38.1. The molecule has 1 atom stereocenters. The molecular weight excluding hydrogens is 877 g/mol. The van der Waals surface area contributed by atoms with E-state index in [1.54, 1.807) is 0 Å². The lowest BCUT2D eigenvalue weighted by atomic mass is 10.1. The molecule has 0 saturated heterocycles. The van der Waals surface area contributed by atoms with Crippen molar-refractivity contribution in [3.05, 3.63) is 122 Å². The van der Waals surface area contributed by atoms with Crippen LogP contribution >= 0.6 is 0 Å². The van der Waals surface area contributed by atoms with E-state index >= 15 is 0 Å². The molecular formula is C65H106O6. The van der Waals surface area contributed by atoms with E-state index in [0.717, 1.165) is 148 Å². The van der Waals surface area contributed by atoms with Gasteiger partial charge in [0.2, 0.25) is 0 Å². The average Bonchev–Trinajstić information content (AvgIpc) is 3.37. The maximum atomic E-state index is 12.8. The lowest BCUT2D eigenvalue weighted by Gasteiger charge is -2.18. The first-order valence-electron chi connectivity index (χ1n) is 29.0. The van der Waals surface area contributed by atoms with Crippen molar-refractivity contribution < 1.29 is 28.6 Å². The number of hydrogen-bond donors (Lipinski definition) is 0. The number of carbonyl (C=O) groups is 3. The lowest BCUT2D eigenvalue weighted by molar-refractivity contribution is -0.167. The zero-order chi connectivity index (χ0) is 51.4. The maximum Gasteiger partial charge on any atom is 0.306 e. The Morgan fingerprint density at radius 1 is 0.296 bits per heavy atom. The third-order valence-corrected chi connectivity index (χ3v) is 11.9. The van der Waals surface area contributed by atoms with Gasteiger partial charge in [-0.1, -0.05) is 226 Å². The fraction of sp³-hybridized carbons (Fsp3) is 0.646. The summed E-state index contributed by atoms with van der Waals surface area (Å²) in [6.07, 6.45) is 80.5. The molecule has 0 aliphatic carbocycles. The summed E-state index contributed by atoms with van der Waals surface area (Å²) >= 11 is 0. The van der Waals surface area contributed by atoms with Crippen LogP contribution in [0.15, 0.2) is 122 Å². The monoisotopic (exact) mass is 983 g/mol. The van der Waals surface area contributed by atoms with Crippen LogP contribution < -0.4 is 0 Å². The minimum atomic E-state index is -0.804. The SMILES string of the molecule is CC/C=C\C/C=C\C/C=C\C/C=C\C/C=C\C/C=C\CCCCCCCCC(=O)OCC(COC(=O)CCCCC/C=C\C/C=C\C/C=C\CC)OC(=O)CCCCCCC/C=C\CCCCCCCC. The van der Waals surface area contributed by atoms with Crippen molar-refractivity contribution in [2.24, 2.45) is 0 Å². The number of unbranched alkanes of at least 4 members (excludes halogenated alkanes) is 20. The average molecular weight is 984 g/mol. The quantitative estimate of drug-likeness (QED) is 0.0261. The minimum absolute atomic E-state index is 0.101. The Bertz CT molecular complexity index is 1500. The van der Waals surface area contributed by atoms with E-state index in [4.69, 9.17) is 14.2 Å². The third kappa shape index (κ3) is 56.6. The zero-order valence-electron chi connectivity index (χ0n) is 45.9. The van der Waals surface area contributed by atoms with Crippen molar-refractivity contribution >= 4 is 17.9 Å². The molecule has 0 amide bonds. The number of allylic oxidation sites excluding steroid dienone is 20. The van der Waals surface area contributed by atoms with Crippen LogP contribution in [0.3, 0.4) is 0 Å². The van der Waals surface area contributed by atoms with Crippen molar-refractivity contribution in [3.8, 4) is 0 Å². The Morgan fingerprint density at radius 3 is 0.887 bits per heavy atom. The van der Waals surface area contributed by atoms with Crippen LogP contribution in [0.25, 0.3) is 0 Å². The highest BCUT2D eigenvalue weighted by molar-refractivity contribution is 5.71. The van der Waals surface area contributed by atoms with E-state index in [9.17, 15) is 14.4 Å². The van der Waals surface area contributed by atoms with Gasteiger partial charge in [-0.15, -0.1) is 0 Å². The normalized spacial score (nSPS) is 13.0. The van der Waals surface area contributed by atoms with Crippen LogP contribution in [0.1, 0.15) is 252 Å². The van der Waals surface area contributed by atoms with Crippen LogP contribution in [0, 0.1) is 0 Å². The molecule has 0 radical (unpaired) electrons. The molecule has 0 spiro atoms. The van der Waals surface area contributed by atoms with E-state index < -0.39 is 6.10 Å². The van der Waals surface area contributed by atoms with Gasteiger partial charge in [-0.05, 0) is 128 Å². The van der Waals surface area contributed by atoms with E-state index in [-0.39, 0.29) is 31.1 Å². The van der Waals surface area contributed by atoms with Gasteiger partial charge in [0, 0.05) is 19.3 Å². The predicted molar refractivity (Wildman–Crippen MR) is 306 cm³/mol. The van der Waals surface area contributed by atoms with Crippen molar-refractivity contribution in [2.75, 3.05) is 13.2 Å². The van der Waals surface area contributed by atoms with Crippen molar-refractivity contribution in [2.45, 2.75) is 258 Å². The van der Waals surface area contributed by atoms with Crippen molar-refractivity contribution in [1.82, 2.24) is 0 Å². The van der Waals surface area contributed by atoms with E-state index in [2.05, 4.69) is 142 Å². The van der Waals surface area contributed by atoms with Crippen LogP contribution in [0.2, 0.25) is 0 Å². The van der Waals surface area contributed by atoms with E-state index in [0.29, 0.717) is 19.3 Å². The summed E-state index contributed by atoms with van der Waals surface area (Å²) in [6.45, 7) is 6.36. The van der Waals surface area contributed by atoms with Gasteiger partial charge in [0.15, 0.2) is 6.10 Å². The second kappa shape index (κ2) is 58.4. The molecule has 0 saturated carbocycles. The standard InChI is InChI=1S/C65H106O6/c1-4-7-10-13-16-19-22-25-27-28-29-30-31-32-33-34-35-36-38-40-43-46-49-52-55-58-64(67)70-61-62(60-69-63(66)57-54-51-48-45-42-39-24-21-18-15-12-9-6-3)71-65(68)59-56-53-50-47-44-41-37-26-23-20-17-14-11-8-5-2/h7,9-10,12,16,18-19,21,25-27,29-30,32-33,35-37,39,42,62H,4-6,8,11,13-15,17,20,22-24,28,31,34,38,40-41,43-61H2,1-3H3/b10-7-,12-9-,19-16-,21-18-,27-25-,30-29-,33-32-,36-35-,37-26-,42-39-. The molecule has 0 aromatic rings. The van der Waals surface area contributed by atoms with Gasteiger partial charge in [0.05, 0.1) is 0 Å². The minimum Gasteiger partial charge on any atom is -0.462 e. The van der Waals surface area contributed by atoms with E-state index in [1.165, 1.54) is 64.2 Å². The second-order valence-electron chi connectivity index (χ2n) is 18.8. The smallest absolute Gasteiger partial charge is 0.306 e. The van der Waals surface area contributed by atoms with Gasteiger partial charge in [-0.3, -0.25) is 14.4 Å². The molecule has 0 bridgehead atoms. The van der Waals surface area contributed by atoms with E-state index in [1.807, 2.05) is 0 Å². The Kier molecular flexibility index (Phi) is 54.9. The Balaban J connectivity index is 4.41. The second-order valence-corrected chi connectivity index (χ2v) is 18.8. The van der Waals surface area contributed by atoms with Crippen molar-refractivity contribution in [1.29, 1.82) is 0 Å². The highest BCUT2D eigenvalue weighted by Crippen LogP contribution is 2.14. The molecule has 0 fully saturated rings. The largest absolute Gasteiger partial charge is 0.462 e. The summed E-state index contributed by atoms with van der Waals surface area (Å²) in [6, 6.07) is 0. The molecule has 0 rings (SSSR count). The molecule has 0 aromatic carbocycles. The maximum absolute atomic E-state index is 12.8. The summed E-state index contributed by atoms with van der Waals surface area (Å²) in [7, 11) is 0. The molecule has 6 nitrogen and oxygen atoms in total. The lowest BCUT2D eigenvalue weighted by Crippen LogP contribution is -2.30. The number of esters is 3. The summed E-state index contributed by atoms with van der Waals surface area (Å²) in [5, 5.41) is 0. The van der Waals surface area contributed by atoms with Crippen molar-refractivity contribution in [3.63, 3.8) is 0 Å².